The van der Waals surface area contributed by atoms with E-state index < -0.39 is 11.6 Å². The lowest BCUT2D eigenvalue weighted by atomic mass is 9.90. The number of fused-ring (bicyclic) bond motifs is 1. The van der Waals surface area contributed by atoms with E-state index in [1.807, 2.05) is 36.6 Å². The Balaban J connectivity index is 1.64. The first kappa shape index (κ1) is 19.3. The SMILES string of the molecule is Cc1csc2nc(CN3C(=O)NC(C)(c4ccc(C(C)C)cc4)C3=O)cc(=O)n12. The summed E-state index contributed by atoms with van der Waals surface area (Å²) in [7, 11) is 0. The topological polar surface area (TPSA) is 83.8 Å². The summed E-state index contributed by atoms with van der Waals surface area (Å²) in [5, 5.41) is 4.65. The summed E-state index contributed by atoms with van der Waals surface area (Å²) in [6, 6.07) is 8.59. The standard InChI is InChI=1S/C21H22N4O3S/c1-12(2)14-5-7-15(8-6-14)21(4)18(27)24(19(28)23-21)10-16-9-17(26)25-13(3)11-29-20(25)22-16/h5-9,11-12H,10H2,1-4H3,(H,23,28). The van der Waals surface area contributed by atoms with Crippen molar-refractivity contribution in [2.45, 2.75) is 45.7 Å². The molecule has 7 nitrogen and oxygen atoms in total. The third kappa shape index (κ3) is 3.13. The van der Waals surface area contributed by atoms with Crippen molar-refractivity contribution in [1.82, 2.24) is 19.6 Å². The molecule has 1 aromatic carbocycles. The summed E-state index contributed by atoms with van der Waals surface area (Å²) in [5.41, 5.74) is 1.71. The molecule has 3 amide bonds. The molecule has 4 rings (SSSR count). The summed E-state index contributed by atoms with van der Waals surface area (Å²) in [6.07, 6.45) is 0. The van der Waals surface area contributed by atoms with Crippen molar-refractivity contribution in [3.8, 4) is 0 Å². The highest BCUT2D eigenvalue weighted by molar-refractivity contribution is 7.15. The van der Waals surface area contributed by atoms with Crippen LogP contribution in [0, 0.1) is 6.92 Å². The number of thiazole rings is 1. The van der Waals surface area contributed by atoms with Crippen LogP contribution in [0.3, 0.4) is 0 Å². The van der Waals surface area contributed by atoms with E-state index in [4.69, 9.17) is 0 Å². The molecule has 1 unspecified atom stereocenters. The molecular weight excluding hydrogens is 388 g/mol. The normalized spacial score (nSPS) is 19.4. The molecule has 8 heteroatoms. The van der Waals surface area contributed by atoms with Gasteiger partial charge < -0.3 is 5.32 Å². The lowest BCUT2D eigenvalue weighted by Gasteiger charge is -2.22. The molecular formula is C21H22N4O3S. The van der Waals surface area contributed by atoms with Crippen LogP contribution in [-0.2, 0) is 16.9 Å². The number of amides is 3. The van der Waals surface area contributed by atoms with Gasteiger partial charge in [-0.1, -0.05) is 38.1 Å². The van der Waals surface area contributed by atoms with Crippen molar-refractivity contribution >= 4 is 28.2 Å². The summed E-state index contributed by atoms with van der Waals surface area (Å²) in [6.45, 7) is 7.68. The van der Waals surface area contributed by atoms with Crippen molar-refractivity contribution in [1.29, 1.82) is 0 Å². The molecule has 1 atom stereocenters. The number of nitrogens with one attached hydrogen (secondary N) is 1. The van der Waals surface area contributed by atoms with E-state index in [9.17, 15) is 14.4 Å². The van der Waals surface area contributed by atoms with E-state index in [1.165, 1.54) is 21.8 Å². The van der Waals surface area contributed by atoms with Crippen LogP contribution in [0.4, 0.5) is 4.79 Å². The van der Waals surface area contributed by atoms with Gasteiger partial charge >= 0.3 is 6.03 Å². The van der Waals surface area contributed by atoms with Gasteiger partial charge in [-0.05, 0) is 30.9 Å². The molecule has 0 bridgehead atoms. The van der Waals surface area contributed by atoms with Crippen molar-refractivity contribution in [2.75, 3.05) is 0 Å². The Morgan fingerprint density at radius 2 is 1.86 bits per heavy atom. The highest BCUT2D eigenvalue weighted by Crippen LogP contribution is 2.30. The van der Waals surface area contributed by atoms with Gasteiger partial charge in [0.25, 0.3) is 11.5 Å². The molecule has 1 N–H and O–H groups in total. The quantitative estimate of drug-likeness (QED) is 0.670. The number of rotatable bonds is 4. The zero-order valence-corrected chi connectivity index (χ0v) is 17.5. The zero-order valence-electron chi connectivity index (χ0n) is 16.7. The highest BCUT2D eigenvalue weighted by atomic mass is 32.1. The fraction of sp³-hybridized carbons (Fsp3) is 0.333. The number of carbonyl (C=O) groups is 2. The Hall–Kier alpha value is -3.00. The van der Waals surface area contributed by atoms with Crippen molar-refractivity contribution in [2.24, 2.45) is 0 Å². The maximum absolute atomic E-state index is 13.1. The van der Waals surface area contributed by atoms with Crippen LogP contribution in [0.25, 0.3) is 4.96 Å². The Morgan fingerprint density at radius 1 is 1.17 bits per heavy atom. The summed E-state index contributed by atoms with van der Waals surface area (Å²) in [4.78, 5) is 44.2. The van der Waals surface area contributed by atoms with E-state index in [1.54, 1.807) is 6.92 Å². The second kappa shape index (κ2) is 6.81. The molecule has 0 radical (unpaired) electrons. The third-order valence-electron chi connectivity index (χ3n) is 5.38. The van der Waals surface area contributed by atoms with Gasteiger partial charge in [0, 0.05) is 17.1 Å². The molecule has 3 heterocycles. The smallest absolute Gasteiger partial charge is 0.319 e. The minimum atomic E-state index is -1.15. The second-order valence-electron chi connectivity index (χ2n) is 7.80. The number of imide groups is 1. The fourth-order valence-corrected chi connectivity index (χ4v) is 4.47. The first-order valence-corrected chi connectivity index (χ1v) is 10.3. The van der Waals surface area contributed by atoms with E-state index >= 15 is 0 Å². The maximum atomic E-state index is 13.1. The van der Waals surface area contributed by atoms with Crippen LogP contribution >= 0.6 is 11.3 Å². The average Bonchev–Trinajstić information content (AvgIpc) is 3.15. The van der Waals surface area contributed by atoms with Gasteiger partial charge in [-0.2, -0.15) is 0 Å². The number of aromatic nitrogens is 2. The predicted octanol–water partition coefficient (Wildman–Crippen LogP) is 3.16. The Labute approximate surface area is 172 Å². The number of nitrogens with zero attached hydrogens (tertiary/aromatic N) is 3. The minimum Gasteiger partial charge on any atom is -0.319 e. The lowest BCUT2D eigenvalue weighted by molar-refractivity contribution is -0.131. The number of hydrogen-bond donors (Lipinski definition) is 1. The first-order valence-electron chi connectivity index (χ1n) is 9.42. The summed E-state index contributed by atoms with van der Waals surface area (Å²) >= 11 is 1.35. The Bertz CT molecular complexity index is 1180. The highest BCUT2D eigenvalue weighted by Gasteiger charge is 2.49. The van der Waals surface area contributed by atoms with Crippen molar-refractivity contribution in [3.63, 3.8) is 0 Å². The Kier molecular flexibility index (Phi) is 4.53. The molecule has 1 aliphatic rings. The van der Waals surface area contributed by atoms with Crippen molar-refractivity contribution in [3.05, 3.63) is 68.6 Å². The Morgan fingerprint density at radius 3 is 2.52 bits per heavy atom. The monoisotopic (exact) mass is 410 g/mol. The third-order valence-corrected chi connectivity index (χ3v) is 6.32. The minimum absolute atomic E-state index is 0.0486. The van der Waals surface area contributed by atoms with Crippen molar-refractivity contribution < 1.29 is 9.59 Å². The molecule has 1 saturated heterocycles. The van der Waals surface area contributed by atoms with Crippen LogP contribution in [-0.4, -0.2) is 26.2 Å². The van der Waals surface area contributed by atoms with E-state index in [2.05, 4.69) is 24.1 Å². The predicted molar refractivity (Wildman–Crippen MR) is 111 cm³/mol. The van der Waals surface area contributed by atoms with Crippen LogP contribution in [0.5, 0.6) is 0 Å². The summed E-state index contributed by atoms with van der Waals surface area (Å²) < 4.78 is 1.51. The molecule has 1 aliphatic heterocycles. The number of carbonyl (C=O) groups excluding carboxylic acids is 2. The lowest BCUT2D eigenvalue weighted by Crippen LogP contribution is -2.40. The molecule has 0 spiro atoms. The largest absolute Gasteiger partial charge is 0.325 e. The van der Waals surface area contributed by atoms with Gasteiger partial charge in [0.05, 0.1) is 12.2 Å². The van der Waals surface area contributed by atoms with Gasteiger partial charge in [-0.25, -0.2) is 9.78 Å². The number of aryl methyl sites for hydroxylation is 1. The van der Waals surface area contributed by atoms with Gasteiger partial charge in [0.1, 0.15) is 5.54 Å². The van der Waals surface area contributed by atoms with Crippen LogP contribution in [0.15, 0.2) is 40.5 Å². The van der Waals surface area contributed by atoms with E-state index in [0.717, 1.165) is 21.7 Å². The first-order chi connectivity index (χ1) is 13.7. The molecule has 3 aromatic rings. The molecule has 1 fully saturated rings. The van der Waals surface area contributed by atoms with Gasteiger partial charge in [-0.3, -0.25) is 18.9 Å². The molecule has 0 aliphatic carbocycles. The molecule has 2 aromatic heterocycles. The van der Waals surface area contributed by atoms with Gasteiger partial charge in [0.2, 0.25) is 0 Å². The van der Waals surface area contributed by atoms with E-state index in [0.29, 0.717) is 16.6 Å². The molecule has 0 saturated carbocycles. The molecule has 150 valence electrons. The van der Waals surface area contributed by atoms with Gasteiger partial charge in [-0.15, -0.1) is 11.3 Å². The summed E-state index contributed by atoms with van der Waals surface area (Å²) in [5.74, 6) is 0.0208. The fourth-order valence-electron chi connectivity index (χ4n) is 3.58. The second-order valence-corrected chi connectivity index (χ2v) is 8.64. The number of urea groups is 1. The van der Waals surface area contributed by atoms with Gasteiger partial charge in [0.15, 0.2) is 4.96 Å². The average molecular weight is 410 g/mol. The molecule has 29 heavy (non-hydrogen) atoms. The van der Waals surface area contributed by atoms with Crippen LogP contribution < -0.4 is 10.9 Å². The van der Waals surface area contributed by atoms with E-state index in [-0.39, 0.29) is 18.0 Å². The zero-order chi connectivity index (χ0) is 20.9. The maximum Gasteiger partial charge on any atom is 0.325 e. The number of hydrogen-bond acceptors (Lipinski definition) is 5. The van der Waals surface area contributed by atoms with Crippen LogP contribution in [0.2, 0.25) is 0 Å². The number of benzene rings is 1. The van der Waals surface area contributed by atoms with Crippen LogP contribution in [0.1, 0.15) is 49.2 Å².